The lowest BCUT2D eigenvalue weighted by Gasteiger charge is -2.27. The van der Waals surface area contributed by atoms with E-state index in [0.29, 0.717) is 6.42 Å². The van der Waals surface area contributed by atoms with Crippen molar-refractivity contribution in [3.05, 3.63) is 0 Å². The van der Waals surface area contributed by atoms with Crippen molar-refractivity contribution in [3.8, 4) is 0 Å². The molecule has 0 aromatic carbocycles. The first-order valence-electron chi connectivity index (χ1n) is 3.51. The van der Waals surface area contributed by atoms with Crippen LogP contribution < -0.4 is 5.73 Å². The lowest BCUT2D eigenvalue weighted by Crippen LogP contribution is -2.37. The second kappa shape index (κ2) is 3.23. The number of hydrogen-bond acceptors (Lipinski definition) is 2. The predicted molar refractivity (Wildman–Crippen MR) is 44.1 cm³/mol. The summed E-state index contributed by atoms with van der Waals surface area (Å²) in [5.41, 5.74) is 5.43. The minimum Gasteiger partial charge on any atom is -0.323 e. The van der Waals surface area contributed by atoms with E-state index in [-0.39, 0.29) is 5.92 Å². The highest BCUT2D eigenvalue weighted by Gasteiger charge is 2.38. The summed E-state index contributed by atoms with van der Waals surface area (Å²) in [4.78, 5) is 17.6. The maximum Gasteiger partial charge on any atom is 0.344 e. The van der Waals surface area contributed by atoms with Gasteiger partial charge in [0.25, 0.3) is 0 Å². The molecule has 0 radical (unpaired) electrons. The third-order valence-corrected chi connectivity index (χ3v) is 3.00. The first-order valence-corrected chi connectivity index (χ1v) is 5.12. The monoisotopic (exact) mass is 181 g/mol. The van der Waals surface area contributed by atoms with Crippen LogP contribution in [0, 0.1) is 5.92 Å². The second-order valence-electron chi connectivity index (χ2n) is 3.50. The molecule has 4 N–H and O–H groups in total. The maximum atomic E-state index is 10.8. The number of rotatable bonds is 3. The molecule has 1 atom stereocenters. The Morgan fingerprint density at radius 3 is 2.00 bits per heavy atom. The third-order valence-electron chi connectivity index (χ3n) is 1.49. The molecular formula is C6H16NO3P. The Balaban J connectivity index is 4.35. The molecule has 0 heterocycles. The quantitative estimate of drug-likeness (QED) is 0.564. The topological polar surface area (TPSA) is 83.6 Å². The summed E-state index contributed by atoms with van der Waals surface area (Å²) in [7, 11) is -4.14. The average Bonchev–Trinajstić information content (AvgIpc) is 1.56. The van der Waals surface area contributed by atoms with E-state index >= 15 is 0 Å². The van der Waals surface area contributed by atoms with Crippen LogP contribution in [-0.2, 0) is 4.57 Å². The lowest BCUT2D eigenvalue weighted by molar-refractivity contribution is 0.311. The van der Waals surface area contributed by atoms with Crippen LogP contribution in [0.4, 0.5) is 0 Å². The van der Waals surface area contributed by atoms with Crippen molar-refractivity contribution < 1.29 is 14.4 Å². The van der Waals surface area contributed by atoms with E-state index < -0.39 is 12.9 Å². The van der Waals surface area contributed by atoms with Gasteiger partial charge in [-0.25, -0.2) is 0 Å². The maximum absolute atomic E-state index is 10.8. The largest absolute Gasteiger partial charge is 0.344 e. The first kappa shape index (κ1) is 11.1. The standard InChI is InChI=1S/C6H16NO3P/c1-5(2)4-6(3,7)11(8,9)10/h5H,4,7H2,1-3H3,(H2,8,9,10). The molecule has 1 unspecified atom stereocenters. The third kappa shape index (κ3) is 3.34. The molecule has 68 valence electrons. The van der Waals surface area contributed by atoms with Crippen LogP contribution in [0.15, 0.2) is 0 Å². The van der Waals surface area contributed by atoms with E-state index in [9.17, 15) is 4.57 Å². The van der Waals surface area contributed by atoms with Crippen molar-refractivity contribution in [3.63, 3.8) is 0 Å². The summed E-state index contributed by atoms with van der Waals surface area (Å²) in [6.45, 7) is 5.13. The van der Waals surface area contributed by atoms with Gasteiger partial charge < -0.3 is 15.5 Å². The zero-order valence-electron chi connectivity index (χ0n) is 7.11. The molecule has 0 amide bonds. The smallest absolute Gasteiger partial charge is 0.323 e. The molecule has 0 fully saturated rings. The van der Waals surface area contributed by atoms with Crippen LogP contribution in [0.5, 0.6) is 0 Å². The molecular weight excluding hydrogens is 165 g/mol. The molecule has 0 saturated heterocycles. The van der Waals surface area contributed by atoms with Crippen molar-refractivity contribution >= 4 is 7.60 Å². The van der Waals surface area contributed by atoms with Gasteiger partial charge in [-0.1, -0.05) is 13.8 Å². The Morgan fingerprint density at radius 2 is 1.91 bits per heavy atom. The van der Waals surface area contributed by atoms with E-state index in [0.717, 1.165) is 0 Å². The Bertz CT molecular complexity index is 173. The molecule has 4 nitrogen and oxygen atoms in total. The molecule has 0 aromatic heterocycles. The zero-order chi connectivity index (χ0) is 9.28. The van der Waals surface area contributed by atoms with Crippen LogP contribution in [0.3, 0.4) is 0 Å². The fourth-order valence-corrected chi connectivity index (χ4v) is 1.55. The average molecular weight is 181 g/mol. The Hall–Kier alpha value is 0.110. The van der Waals surface area contributed by atoms with Crippen LogP contribution in [0.1, 0.15) is 27.2 Å². The molecule has 0 bridgehead atoms. The number of nitrogens with two attached hydrogens (primary N) is 1. The molecule has 5 heteroatoms. The van der Waals surface area contributed by atoms with Gasteiger partial charge >= 0.3 is 7.60 Å². The van der Waals surface area contributed by atoms with Gasteiger partial charge in [0.1, 0.15) is 5.28 Å². The van der Waals surface area contributed by atoms with Crippen LogP contribution >= 0.6 is 7.60 Å². The highest BCUT2D eigenvalue weighted by atomic mass is 31.2. The molecule has 0 saturated carbocycles. The second-order valence-corrected chi connectivity index (χ2v) is 5.61. The summed E-state index contributed by atoms with van der Waals surface area (Å²) in [5, 5.41) is -1.37. The van der Waals surface area contributed by atoms with Gasteiger partial charge in [-0.3, -0.25) is 4.57 Å². The van der Waals surface area contributed by atoms with Crippen molar-refractivity contribution in [1.82, 2.24) is 0 Å². The van der Waals surface area contributed by atoms with Crippen molar-refractivity contribution in [2.75, 3.05) is 0 Å². The van der Waals surface area contributed by atoms with Crippen LogP contribution in [-0.4, -0.2) is 15.1 Å². The normalized spacial score (nSPS) is 18.5. The summed E-state index contributed by atoms with van der Waals surface area (Å²) >= 11 is 0. The highest BCUT2D eigenvalue weighted by molar-refractivity contribution is 7.53. The summed E-state index contributed by atoms with van der Waals surface area (Å²) in [6, 6.07) is 0. The van der Waals surface area contributed by atoms with Gasteiger partial charge in [0.2, 0.25) is 0 Å². The molecule has 0 rings (SSSR count). The Morgan fingerprint density at radius 1 is 1.55 bits per heavy atom. The van der Waals surface area contributed by atoms with Crippen molar-refractivity contribution in [2.24, 2.45) is 11.7 Å². The molecule has 0 aliphatic heterocycles. The molecule has 0 aliphatic carbocycles. The SMILES string of the molecule is CC(C)CC(C)(N)P(=O)(O)O. The van der Waals surface area contributed by atoms with Crippen LogP contribution in [0.25, 0.3) is 0 Å². The van der Waals surface area contributed by atoms with E-state index in [1.165, 1.54) is 6.92 Å². The van der Waals surface area contributed by atoms with E-state index in [1.54, 1.807) is 0 Å². The van der Waals surface area contributed by atoms with Gasteiger partial charge in [-0.2, -0.15) is 0 Å². The molecule has 11 heavy (non-hydrogen) atoms. The van der Waals surface area contributed by atoms with Crippen molar-refractivity contribution in [1.29, 1.82) is 0 Å². The number of hydrogen-bond donors (Lipinski definition) is 3. The van der Waals surface area contributed by atoms with Crippen LogP contribution in [0.2, 0.25) is 0 Å². The van der Waals surface area contributed by atoms with E-state index in [4.69, 9.17) is 15.5 Å². The zero-order valence-corrected chi connectivity index (χ0v) is 8.01. The Labute approximate surface area is 67.0 Å². The summed E-state index contributed by atoms with van der Waals surface area (Å²) in [6.07, 6.45) is 0.331. The fraction of sp³-hybridized carbons (Fsp3) is 1.00. The van der Waals surface area contributed by atoms with E-state index in [1.807, 2.05) is 13.8 Å². The first-order chi connectivity index (χ1) is 4.67. The highest BCUT2D eigenvalue weighted by Crippen LogP contribution is 2.49. The van der Waals surface area contributed by atoms with Gasteiger partial charge in [-0.05, 0) is 19.3 Å². The minimum atomic E-state index is -4.14. The molecule has 0 aliphatic rings. The summed E-state index contributed by atoms with van der Waals surface area (Å²) < 4.78 is 10.8. The van der Waals surface area contributed by atoms with Gasteiger partial charge in [0, 0.05) is 0 Å². The summed E-state index contributed by atoms with van der Waals surface area (Å²) in [5.74, 6) is 0.192. The van der Waals surface area contributed by atoms with E-state index in [2.05, 4.69) is 0 Å². The fourth-order valence-electron chi connectivity index (χ4n) is 0.945. The van der Waals surface area contributed by atoms with Gasteiger partial charge in [0.15, 0.2) is 0 Å². The minimum absolute atomic E-state index is 0.192. The van der Waals surface area contributed by atoms with Gasteiger partial charge in [-0.15, -0.1) is 0 Å². The predicted octanol–water partition coefficient (Wildman–Crippen LogP) is 0.885. The molecule has 0 spiro atoms. The lowest BCUT2D eigenvalue weighted by atomic mass is 10.1. The molecule has 0 aromatic rings. The Kier molecular flexibility index (Phi) is 3.27. The van der Waals surface area contributed by atoms with Gasteiger partial charge in [0.05, 0.1) is 0 Å². The van der Waals surface area contributed by atoms with Crippen molar-refractivity contribution in [2.45, 2.75) is 32.5 Å².